The van der Waals surface area contributed by atoms with Crippen LogP contribution in [0.25, 0.3) is 0 Å². The first kappa shape index (κ1) is 14.6. The van der Waals surface area contributed by atoms with Crippen molar-refractivity contribution in [2.75, 3.05) is 13.2 Å². The lowest BCUT2D eigenvalue weighted by Crippen LogP contribution is -2.16. The molecule has 2 N–H and O–H groups in total. The fourth-order valence-corrected chi connectivity index (χ4v) is 2.46. The third kappa shape index (κ3) is 5.61. The zero-order valence-corrected chi connectivity index (χ0v) is 11.9. The summed E-state index contributed by atoms with van der Waals surface area (Å²) in [5.41, 5.74) is 1.33. The maximum absolute atomic E-state index is 8.65. The number of hydrogen-bond acceptors (Lipinski definition) is 4. The van der Waals surface area contributed by atoms with Gasteiger partial charge in [-0.05, 0) is 25.8 Å². The van der Waals surface area contributed by atoms with Gasteiger partial charge in [0.1, 0.15) is 5.01 Å². The maximum Gasteiger partial charge on any atom is 0.107 e. The van der Waals surface area contributed by atoms with Gasteiger partial charge in [0.2, 0.25) is 0 Å². The molecule has 0 amide bonds. The predicted octanol–water partition coefficient (Wildman–Crippen LogP) is 2.69. The number of rotatable bonds is 7. The van der Waals surface area contributed by atoms with E-state index in [1.54, 1.807) is 11.3 Å². The molecule has 0 aliphatic heterocycles. The smallest absolute Gasteiger partial charge is 0.107 e. The summed E-state index contributed by atoms with van der Waals surface area (Å²) in [6.45, 7) is 8.74. The molecule has 0 aromatic carbocycles. The second-order valence-electron chi connectivity index (χ2n) is 5.34. The number of hydrogen-bond donors (Lipinski definition) is 2. The van der Waals surface area contributed by atoms with Crippen LogP contribution in [0.3, 0.4) is 0 Å². The van der Waals surface area contributed by atoms with Gasteiger partial charge in [-0.1, -0.05) is 20.8 Å². The Balaban J connectivity index is 2.21. The average Bonchev–Trinajstić information content (AvgIpc) is 2.71. The molecule has 0 aliphatic rings. The highest BCUT2D eigenvalue weighted by Gasteiger charge is 2.16. The molecule has 1 aromatic rings. The number of nitrogens with one attached hydrogen (secondary N) is 1. The van der Waals surface area contributed by atoms with Gasteiger partial charge in [0.15, 0.2) is 0 Å². The zero-order chi connectivity index (χ0) is 12.7. The molecular formula is C13H24N2OS. The van der Waals surface area contributed by atoms with Gasteiger partial charge < -0.3 is 10.4 Å². The molecule has 98 valence electrons. The summed E-state index contributed by atoms with van der Waals surface area (Å²) in [6.07, 6.45) is 3.12. The fraction of sp³-hybridized carbons (Fsp3) is 0.769. The minimum absolute atomic E-state index is 0.149. The average molecular weight is 256 g/mol. The van der Waals surface area contributed by atoms with Crippen molar-refractivity contribution < 1.29 is 5.11 Å². The molecule has 3 nitrogen and oxygen atoms in total. The van der Waals surface area contributed by atoms with Crippen LogP contribution in [0.2, 0.25) is 0 Å². The largest absolute Gasteiger partial charge is 0.396 e. The van der Waals surface area contributed by atoms with Crippen molar-refractivity contribution in [2.24, 2.45) is 0 Å². The first-order valence-corrected chi connectivity index (χ1v) is 7.18. The maximum atomic E-state index is 8.65. The summed E-state index contributed by atoms with van der Waals surface area (Å²) in [5, 5.41) is 15.4. The quantitative estimate of drug-likeness (QED) is 0.737. The molecule has 1 aromatic heterocycles. The Morgan fingerprint density at radius 1 is 1.29 bits per heavy atom. The van der Waals surface area contributed by atoms with Crippen molar-refractivity contribution in [3.63, 3.8) is 0 Å². The van der Waals surface area contributed by atoms with E-state index in [9.17, 15) is 0 Å². The standard InChI is InChI=1S/C13H24N2OS/c1-13(2,3)11-10-17-12(15-11)9-14-7-5-4-6-8-16/h10,14,16H,4-9H2,1-3H3. The van der Waals surface area contributed by atoms with Crippen LogP contribution in [-0.2, 0) is 12.0 Å². The van der Waals surface area contributed by atoms with Gasteiger partial charge in [0.05, 0.1) is 5.69 Å². The van der Waals surface area contributed by atoms with Crippen molar-refractivity contribution in [1.82, 2.24) is 10.3 Å². The Kier molecular flexibility index (Phi) is 6.09. The second-order valence-corrected chi connectivity index (χ2v) is 6.28. The summed E-state index contributed by atoms with van der Waals surface area (Å²) in [4.78, 5) is 4.63. The monoisotopic (exact) mass is 256 g/mol. The van der Waals surface area contributed by atoms with Gasteiger partial charge in [-0.3, -0.25) is 0 Å². The Morgan fingerprint density at radius 3 is 2.65 bits per heavy atom. The molecule has 1 heterocycles. The summed E-state index contributed by atoms with van der Waals surface area (Å²) in [5.74, 6) is 0. The SMILES string of the molecule is CC(C)(C)c1csc(CNCCCCCO)n1. The molecule has 0 fully saturated rings. The molecule has 0 spiro atoms. The Morgan fingerprint density at radius 2 is 2.06 bits per heavy atom. The summed E-state index contributed by atoms with van der Waals surface area (Å²) < 4.78 is 0. The van der Waals surface area contributed by atoms with E-state index in [0.717, 1.165) is 37.4 Å². The number of aliphatic hydroxyl groups excluding tert-OH is 1. The number of thiazole rings is 1. The third-order valence-corrected chi connectivity index (χ3v) is 3.46. The molecule has 0 saturated heterocycles. The van der Waals surface area contributed by atoms with Crippen LogP contribution in [0.1, 0.15) is 50.7 Å². The molecule has 17 heavy (non-hydrogen) atoms. The minimum Gasteiger partial charge on any atom is -0.396 e. The highest BCUT2D eigenvalue weighted by Crippen LogP contribution is 2.23. The summed E-state index contributed by atoms with van der Waals surface area (Å²) >= 11 is 1.73. The van der Waals surface area contributed by atoms with Crippen LogP contribution >= 0.6 is 11.3 Å². The van der Waals surface area contributed by atoms with Gasteiger partial charge in [-0.2, -0.15) is 0 Å². The highest BCUT2D eigenvalue weighted by atomic mass is 32.1. The van der Waals surface area contributed by atoms with E-state index in [0.29, 0.717) is 6.61 Å². The van der Waals surface area contributed by atoms with Gasteiger partial charge in [-0.25, -0.2) is 4.98 Å². The number of aromatic nitrogens is 1. The van der Waals surface area contributed by atoms with Crippen molar-refractivity contribution in [2.45, 2.75) is 52.0 Å². The number of aliphatic hydroxyl groups is 1. The lowest BCUT2D eigenvalue weighted by molar-refractivity contribution is 0.283. The van der Waals surface area contributed by atoms with E-state index in [2.05, 4.69) is 36.5 Å². The summed E-state index contributed by atoms with van der Waals surface area (Å²) in [7, 11) is 0. The molecule has 0 bridgehead atoms. The Labute approximate surface area is 108 Å². The Bertz CT molecular complexity index is 317. The molecule has 0 radical (unpaired) electrons. The van der Waals surface area contributed by atoms with Crippen molar-refractivity contribution in [3.8, 4) is 0 Å². The molecule has 1 rings (SSSR count). The molecular weight excluding hydrogens is 232 g/mol. The van der Waals surface area contributed by atoms with Crippen LogP contribution in [0, 0.1) is 0 Å². The van der Waals surface area contributed by atoms with Crippen LogP contribution in [-0.4, -0.2) is 23.2 Å². The van der Waals surface area contributed by atoms with Gasteiger partial charge in [-0.15, -0.1) is 11.3 Å². The Hall–Kier alpha value is -0.450. The van der Waals surface area contributed by atoms with Crippen LogP contribution in [0.4, 0.5) is 0 Å². The number of nitrogens with zero attached hydrogens (tertiary/aromatic N) is 1. The minimum atomic E-state index is 0.149. The predicted molar refractivity (Wildman–Crippen MR) is 73.5 cm³/mol. The second kappa shape index (κ2) is 7.09. The van der Waals surface area contributed by atoms with Crippen LogP contribution in [0.15, 0.2) is 5.38 Å². The van der Waals surface area contributed by atoms with Crippen LogP contribution in [0.5, 0.6) is 0 Å². The molecule has 0 saturated carbocycles. The van der Waals surface area contributed by atoms with E-state index in [1.165, 1.54) is 5.69 Å². The molecule has 0 unspecified atom stereocenters. The number of unbranched alkanes of at least 4 members (excludes halogenated alkanes) is 2. The van der Waals surface area contributed by atoms with Crippen molar-refractivity contribution >= 4 is 11.3 Å². The van der Waals surface area contributed by atoms with E-state index >= 15 is 0 Å². The molecule has 0 aliphatic carbocycles. The summed E-state index contributed by atoms with van der Waals surface area (Å²) in [6, 6.07) is 0. The van der Waals surface area contributed by atoms with Gasteiger partial charge >= 0.3 is 0 Å². The van der Waals surface area contributed by atoms with Gasteiger partial charge in [0.25, 0.3) is 0 Å². The third-order valence-electron chi connectivity index (χ3n) is 2.61. The first-order valence-electron chi connectivity index (χ1n) is 6.30. The van der Waals surface area contributed by atoms with Gasteiger partial charge in [0, 0.05) is 23.9 Å². The highest BCUT2D eigenvalue weighted by molar-refractivity contribution is 7.09. The first-order chi connectivity index (χ1) is 8.04. The van der Waals surface area contributed by atoms with Crippen molar-refractivity contribution in [1.29, 1.82) is 0 Å². The van der Waals surface area contributed by atoms with Crippen LogP contribution < -0.4 is 5.32 Å². The normalized spacial score (nSPS) is 12.0. The zero-order valence-electron chi connectivity index (χ0n) is 11.1. The van der Waals surface area contributed by atoms with Crippen molar-refractivity contribution in [3.05, 3.63) is 16.1 Å². The lowest BCUT2D eigenvalue weighted by Gasteiger charge is -2.14. The van der Waals surface area contributed by atoms with E-state index in [4.69, 9.17) is 5.11 Å². The molecule has 4 heteroatoms. The van der Waals surface area contributed by atoms with E-state index in [-0.39, 0.29) is 5.41 Å². The fourth-order valence-electron chi connectivity index (χ4n) is 1.47. The topological polar surface area (TPSA) is 45.1 Å². The van der Waals surface area contributed by atoms with E-state index in [1.807, 2.05) is 0 Å². The molecule has 0 atom stereocenters. The van der Waals surface area contributed by atoms with E-state index < -0.39 is 0 Å². The lowest BCUT2D eigenvalue weighted by atomic mass is 9.93.